The second-order valence-electron chi connectivity index (χ2n) is 6.32. The minimum atomic E-state index is -1.50. The fraction of sp³-hybridized carbons (Fsp3) is 0.562. The van der Waals surface area contributed by atoms with Crippen molar-refractivity contribution in [2.75, 3.05) is 18.4 Å². The number of rotatable bonds is 1. The highest BCUT2D eigenvalue weighted by Gasteiger charge is 2.51. The lowest BCUT2D eigenvalue weighted by Gasteiger charge is -2.40. The molecule has 1 aromatic carbocycles. The Morgan fingerprint density at radius 1 is 1.40 bits per heavy atom. The molecule has 2 N–H and O–H groups in total. The zero-order valence-electron chi connectivity index (χ0n) is 12.4. The molecule has 2 aliphatic heterocycles. The van der Waals surface area contributed by atoms with Gasteiger partial charge in [-0.1, -0.05) is 18.6 Å². The molecule has 0 aromatic heterocycles. The minimum Gasteiger partial charge on any atom is -0.364 e. The Balaban J connectivity index is 2.08. The van der Waals surface area contributed by atoms with Crippen molar-refractivity contribution >= 4 is 11.6 Å². The van der Waals surface area contributed by atoms with Crippen LogP contribution >= 0.6 is 0 Å². The van der Waals surface area contributed by atoms with Gasteiger partial charge in [-0.2, -0.15) is 0 Å². The highest BCUT2D eigenvalue weighted by molar-refractivity contribution is 6.05. The number of hydrogen-bond acceptors (Lipinski definition) is 3. The summed E-state index contributed by atoms with van der Waals surface area (Å²) in [5.74, 6) is 0.200. The molecule has 4 nitrogen and oxygen atoms in total. The van der Waals surface area contributed by atoms with Crippen LogP contribution in [-0.2, 0) is 10.5 Å². The molecule has 3 rings (SSSR count). The number of aryl methyl sites for hydroxylation is 2. The number of piperidine rings is 1. The van der Waals surface area contributed by atoms with E-state index in [1.54, 1.807) is 0 Å². The summed E-state index contributed by atoms with van der Waals surface area (Å²) in [6.07, 6.45) is 2.19. The van der Waals surface area contributed by atoms with Crippen LogP contribution < -0.4 is 5.32 Å². The third-order valence-corrected chi connectivity index (χ3v) is 4.53. The lowest BCUT2D eigenvalue weighted by Crippen LogP contribution is -2.54. The second kappa shape index (κ2) is 4.57. The average Bonchev–Trinajstić information content (AvgIpc) is 2.64. The van der Waals surface area contributed by atoms with E-state index in [2.05, 4.69) is 12.2 Å². The number of amides is 1. The normalized spacial score (nSPS) is 30.2. The molecule has 108 valence electrons. The van der Waals surface area contributed by atoms with Gasteiger partial charge in [-0.25, -0.2) is 0 Å². The fourth-order valence-corrected chi connectivity index (χ4v) is 3.53. The number of nitrogens with zero attached hydrogens (tertiary/aromatic N) is 1. The van der Waals surface area contributed by atoms with E-state index in [-0.39, 0.29) is 5.91 Å². The molecular weight excluding hydrogens is 252 g/mol. The molecule has 20 heavy (non-hydrogen) atoms. The van der Waals surface area contributed by atoms with Crippen LogP contribution in [0.2, 0.25) is 0 Å². The molecule has 1 amide bonds. The molecule has 1 aromatic rings. The van der Waals surface area contributed by atoms with Crippen molar-refractivity contribution < 1.29 is 9.90 Å². The van der Waals surface area contributed by atoms with Crippen LogP contribution in [0.25, 0.3) is 0 Å². The molecule has 0 saturated carbocycles. The maximum Gasteiger partial charge on any atom is 0.276 e. The van der Waals surface area contributed by atoms with Crippen LogP contribution in [0.4, 0.5) is 5.69 Å². The second-order valence-corrected chi connectivity index (χ2v) is 6.32. The quantitative estimate of drug-likeness (QED) is 0.825. The number of benzene rings is 1. The van der Waals surface area contributed by atoms with Gasteiger partial charge in [0.25, 0.3) is 5.91 Å². The average molecular weight is 274 g/mol. The van der Waals surface area contributed by atoms with Crippen molar-refractivity contribution in [3.63, 3.8) is 0 Å². The van der Waals surface area contributed by atoms with Gasteiger partial charge < -0.3 is 10.4 Å². The molecule has 0 bridgehead atoms. The monoisotopic (exact) mass is 274 g/mol. The molecule has 2 aliphatic rings. The summed E-state index contributed by atoms with van der Waals surface area (Å²) in [6.45, 7) is 7.66. The fourth-order valence-electron chi connectivity index (χ4n) is 3.53. The van der Waals surface area contributed by atoms with Crippen molar-refractivity contribution in [3.05, 3.63) is 28.8 Å². The zero-order valence-corrected chi connectivity index (χ0v) is 12.4. The van der Waals surface area contributed by atoms with E-state index in [1.807, 2.05) is 30.9 Å². The summed E-state index contributed by atoms with van der Waals surface area (Å²) in [5, 5.41) is 14.0. The molecule has 1 saturated heterocycles. The van der Waals surface area contributed by atoms with E-state index in [4.69, 9.17) is 0 Å². The van der Waals surface area contributed by atoms with Gasteiger partial charge in [-0.15, -0.1) is 0 Å². The summed E-state index contributed by atoms with van der Waals surface area (Å²) >= 11 is 0. The zero-order chi connectivity index (χ0) is 14.5. The lowest BCUT2D eigenvalue weighted by atomic mass is 9.93. The molecule has 1 fully saturated rings. The Hall–Kier alpha value is -1.39. The SMILES string of the molecule is Cc1cc(C)c2c(c1)[C@@](O)(N1CCC[C@H](C)C1)C(=O)N2. The molecular formula is C16H22N2O2. The van der Waals surface area contributed by atoms with Crippen LogP contribution in [-0.4, -0.2) is 29.0 Å². The standard InChI is InChI=1S/C16H22N2O2/c1-10-5-4-6-18(9-10)16(20)13-8-11(2)7-12(3)14(13)17-15(16)19/h7-8,10,20H,4-6,9H2,1-3H3,(H,17,19)/t10-,16-/m0/s1. The predicted molar refractivity (Wildman–Crippen MR) is 78.4 cm³/mol. The van der Waals surface area contributed by atoms with E-state index in [0.717, 1.165) is 42.7 Å². The summed E-state index contributed by atoms with van der Waals surface area (Å²) in [4.78, 5) is 14.4. The smallest absolute Gasteiger partial charge is 0.276 e. The number of carbonyl (C=O) groups is 1. The molecule has 0 aliphatic carbocycles. The lowest BCUT2D eigenvalue weighted by molar-refractivity contribution is -0.163. The maximum absolute atomic E-state index is 12.4. The van der Waals surface area contributed by atoms with Crippen LogP contribution in [0.15, 0.2) is 12.1 Å². The number of carbonyl (C=O) groups excluding carboxylic acids is 1. The van der Waals surface area contributed by atoms with Crippen LogP contribution in [0.1, 0.15) is 36.5 Å². The Labute approximate surface area is 119 Å². The van der Waals surface area contributed by atoms with Crippen molar-refractivity contribution in [1.29, 1.82) is 0 Å². The highest BCUT2D eigenvalue weighted by Crippen LogP contribution is 2.42. The first-order valence-electron chi connectivity index (χ1n) is 7.33. The van der Waals surface area contributed by atoms with Crippen molar-refractivity contribution in [3.8, 4) is 0 Å². The first-order valence-corrected chi connectivity index (χ1v) is 7.33. The Bertz CT molecular complexity index is 570. The van der Waals surface area contributed by atoms with E-state index < -0.39 is 5.72 Å². The van der Waals surface area contributed by atoms with Gasteiger partial charge in [0.15, 0.2) is 0 Å². The van der Waals surface area contributed by atoms with Gasteiger partial charge in [0.2, 0.25) is 5.72 Å². The largest absolute Gasteiger partial charge is 0.364 e. The summed E-state index contributed by atoms with van der Waals surface area (Å²) in [7, 11) is 0. The minimum absolute atomic E-state index is 0.310. The third kappa shape index (κ3) is 1.86. The van der Waals surface area contributed by atoms with Gasteiger partial charge in [-0.3, -0.25) is 9.69 Å². The molecule has 0 radical (unpaired) electrons. The summed E-state index contributed by atoms with van der Waals surface area (Å²) in [6, 6.07) is 3.96. The van der Waals surface area contributed by atoms with Gasteiger partial charge in [0.1, 0.15) is 0 Å². The molecule has 2 heterocycles. The van der Waals surface area contributed by atoms with E-state index in [0.29, 0.717) is 11.5 Å². The van der Waals surface area contributed by atoms with Crippen LogP contribution in [0.3, 0.4) is 0 Å². The Kier molecular flexibility index (Phi) is 3.10. The molecule has 0 unspecified atom stereocenters. The number of anilines is 1. The van der Waals surface area contributed by atoms with Gasteiger partial charge >= 0.3 is 0 Å². The van der Waals surface area contributed by atoms with Crippen molar-refractivity contribution in [1.82, 2.24) is 4.90 Å². The summed E-state index contributed by atoms with van der Waals surface area (Å²) < 4.78 is 0. The first kappa shape index (κ1) is 13.6. The summed E-state index contributed by atoms with van der Waals surface area (Å²) in [5.41, 5.74) is 2.08. The highest BCUT2D eigenvalue weighted by atomic mass is 16.3. The number of nitrogens with one attached hydrogen (secondary N) is 1. The number of fused-ring (bicyclic) bond motifs is 1. The van der Waals surface area contributed by atoms with Crippen molar-refractivity contribution in [2.24, 2.45) is 5.92 Å². The first-order chi connectivity index (χ1) is 9.42. The van der Waals surface area contributed by atoms with Gasteiger partial charge in [0, 0.05) is 18.7 Å². The number of aliphatic hydroxyl groups is 1. The van der Waals surface area contributed by atoms with Crippen molar-refractivity contribution in [2.45, 2.75) is 39.3 Å². The maximum atomic E-state index is 12.4. The Morgan fingerprint density at radius 3 is 2.85 bits per heavy atom. The number of likely N-dealkylation sites (tertiary alicyclic amines) is 1. The molecule has 2 atom stereocenters. The van der Waals surface area contributed by atoms with E-state index in [9.17, 15) is 9.90 Å². The molecule has 0 spiro atoms. The van der Waals surface area contributed by atoms with Gasteiger partial charge in [0.05, 0.1) is 5.69 Å². The Morgan fingerprint density at radius 2 is 2.15 bits per heavy atom. The van der Waals surface area contributed by atoms with Crippen LogP contribution in [0.5, 0.6) is 0 Å². The van der Waals surface area contributed by atoms with Gasteiger partial charge in [-0.05, 0) is 44.2 Å². The van der Waals surface area contributed by atoms with Crippen LogP contribution in [0, 0.1) is 19.8 Å². The number of hydrogen-bond donors (Lipinski definition) is 2. The van der Waals surface area contributed by atoms with E-state index >= 15 is 0 Å². The molecule has 4 heteroatoms. The van der Waals surface area contributed by atoms with E-state index in [1.165, 1.54) is 0 Å². The third-order valence-electron chi connectivity index (χ3n) is 4.53. The topological polar surface area (TPSA) is 52.6 Å². The predicted octanol–water partition coefficient (Wildman–Crippen LogP) is 2.13.